The Kier molecular flexibility index (Phi) is 3.97. The van der Waals surface area contributed by atoms with Gasteiger partial charge in [-0.25, -0.2) is 8.78 Å². The third kappa shape index (κ3) is 2.85. The van der Waals surface area contributed by atoms with Crippen molar-refractivity contribution in [1.29, 1.82) is 0 Å². The second kappa shape index (κ2) is 4.84. The van der Waals surface area contributed by atoms with Gasteiger partial charge in [-0.1, -0.05) is 6.07 Å². The molecular formula is C9H8F2INO2. The van der Waals surface area contributed by atoms with Gasteiger partial charge < -0.3 is 10.8 Å². The molecule has 0 saturated carbocycles. The maximum absolute atomic E-state index is 13.4. The Hall–Kier alpha value is -0.760. The second-order valence-corrected chi connectivity index (χ2v) is 4.06. The van der Waals surface area contributed by atoms with Crippen LogP contribution in [0.3, 0.4) is 0 Å². The predicted molar refractivity (Wildman–Crippen MR) is 58.4 cm³/mol. The van der Waals surface area contributed by atoms with Gasteiger partial charge in [0.1, 0.15) is 17.7 Å². The molecule has 0 saturated heterocycles. The molecular weight excluding hydrogens is 319 g/mol. The van der Waals surface area contributed by atoms with Crippen LogP contribution in [0.25, 0.3) is 0 Å². The van der Waals surface area contributed by atoms with E-state index in [0.29, 0.717) is 0 Å². The fourth-order valence-electron chi connectivity index (χ4n) is 1.05. The standard InChI is InChI=1S/C9H8F2INO2/c10-5-2-1-4(7(11)8(5)12)3-6(13)9(14)15/h1-2,6H,3,13H2,(H,14,15)/t6-/m0/s1. The molecule has 1 rings (SSSR count). The van der Waals surface area contributed by atoms with E-state index in [9.17, 15) is 13.6 Å². The molecule has 1 atom stereocenters. The van der Waals surface area contributed by atoms with Gasteiger partial charge in [-0.05, 0) is 34.2 Å². The molecule has 0 aliphatic heterocycles. The van der Waals surface area contributed by atoms with Crippen molar-refractivity contribution < 1.29 is 18.7 Å². The zero-order chi connectivity index (χ0) is 11.6. The topological polar surface area (TPSA) is 63.3 Å². The number of carboxylic acids is 1. The lowest BCUT2D eigenvalue weighted by atomic mass is 10.1. The van der Waals surface area contributed by atoms with Crippen molar-refractivity contribution in [2.75, 3.05) is 0 Å². The molecule has 0 aliphatic carbocycles. The third-order valence-electron chi connectivity index (χ3n) is 1.87. The normalized spacial score (nSPS) is 12.5. The highest BCUT2D eigenvalue weighted by Crippen LogP contribution is 2.19. The minimum absolute atomic E-state index is 0.107. The quantitative estimate of drug-likeness (QED) is 0.654. The van der Waals surface area contributed by atoms with Crippen molar-refractivity contribution in [1.82, 2.24) is 0 Å². The van der Waals surface area contributed by atoms with E-state index < -0.39 is 23.6 Å². The van der Waals surface area contributed by atoms with Crippen LogP contribution in [0, 0.1) is 15.2 Å². The molecule has 0 radical (unpaired) electrons. The van der Waals surface area contributed by atoms with Gasteiger partial charge in [-0.2, -0.15) is 0 Å². The predicted octanol–water partition coefficient (Wildman–Crippen LogP) is 1.52. The van der Waals surface area contributed by atoms with E-state index in [4.69, 9.17) is 10.8 Å². The number of benzene rings is 1. The Balaban J connectivity index is 2.97. The average Bonchev–Trinajstić information content (AvgIpc) is 2.18. The molecule has 1 aromatic rings. The fourth-order valence-corrected chi connectivity index (χ4v) is 1.57. The smallest absolute Gasteiger partial charge is 0.320 e. The molecule has 82 valence electrons. The second-order valence-electron chi connectivity index (χ2n) is 2.98. The Morgan fingerprint density at radius 1 is 1.53 bits per heavy atom. The molecule has 0 bridgehead atoms. The molecule has 0 unspecified atom stereocenters. The van der Waals surface area contributed by atoms with Crippen molar-refractivity contribution >= 4 is 28.6 Å². The number of halogens is 3. The fraction of sp³-hybridized carbons (Fsp3) is 0.222. The zero-order valence-corrected chi connectivity index (χ0v) is 9.66. The third-order valence-corrected chi connectivity index (χ3v) is 2.86. The molecule has 1 aromatic carbocycles. The molecule has 3 nitrogen and oxygen atoms in total. The van der Waals surface area contributed by atoms with Crippen molar-refractivity contribution in [3.63, 3.8) is 0 Å². The van der Waals surface area contributed by atoms with Crippen LogP contribution in [0.4, 0.5) is 8.78 Å². The van der Waals surface area contributed by atoms with Crippen LogP contribution in [0.5, 0.6) is 0 Å². The number of nitrogens with two attached hydrogens (primary N) is 1. The van der Waals surface area contributed by atoms with E-state index >= 15 is 0 Å². The largest absolute Gasteiger partial charge is 0.480 e. The summed E-state index contributed by atoms with van der Waals surface area (Å²) in [6.45, 7) is 0. The highest BCUT2D eigenvalue weighted by atomic mass is 127. The van der Waals surface area contributed by atoms with Crippen LogP contribution >= 0.6 is 22.6 Å². The summed E-state index contributed by atoms with van der Waals surface area (Å²) < 4.78 is 26.1. The van der Waals surface area contributed by atoms with Gasteiger partial charge in [0.15, 0.2) is 0 Å². The minimum Gasteiger partial charge on any atom is -0.480 e. The molecule has 0 aromatic heterocycles. The van der Waals surface area contributed by atoms with Crippen LogP contribution in [-0.2, 0) is 11.2 Å². The first-order chi connectivity index (χ1) is 6.93. The van der Waals surface area contributed by atoms with E-state index in [0.717, 1.165) is 6.07 Å². The van der Waals surface area contributed by atoms with E-state index in [-0.39, 0.29) is 15.6 Å². The van der Waals surface area contributed by atoms with Crippen LogP contribution < -0.4 is 5.73 Å². The number of carboxylic acid groups (broad SMARTS) is 1. The Morgan fingerprint density at radius 2 is 2.13 bits per heavy atom. The van der Waals surface area contributed by atoms with Gasteiger partial charge in [-0.15, -0.1) is 0 Å². The lowest BCUT2D eigenvalue weighted by Gasteiger charge is -2.08. The summed E-state index contributed by atoms with van der Waals surface area (Å²) in [6, 6.07) is 1.12. The van der Waals surface area contributed by atoms with Gasteiger partial charge in [0.25, 0.3) is 0 Å². The average molecular weight is 327 g/mol. The first-order valence-electron chi connectivity index (χ1n) is 4.04. The van der Waals surface area contributed by atoms with Crippen LogP contribution in [0.2, 0.25) is 0 Å². The molecule has 15 heavy (non-hydrogen) atoms. The maximum atomic E-state index is 13.4. The van der Waals surface area contributed by atoms with Gasteiger partial charge in [0.2, 0.25) is 0 Å². The molecule has 0 amide bonds. The summed E-state index contributed by atoms with van der Waals surface area (Å²) in [6.07, 6.45) is -0.155. The van der Waals surface area contributed by atoms with Crippen molar-refractivity contribution in [2.45, 2.75) is 12.5 Å². The van der Waals surface area contributed by atoms with E-state index in [1.165, 1.54) is 28.7 Å². The van der Waals surface area contributed by atoms with Crippen molar-refractivity contribution in [3.05, 3.63) is 32.9 Å². The number of hydrogen-bond acceptors (Lipinski definition) is 2. The van der Waals surface area contributed by atoms with E-state index in [1.807, 2.05) is 0 Å². The monoisotopic (exact) mass is 327 g/mol. The highest BCUT2D eigenvalue weighted by molar-refractivity contribution is 14.1. The summed E-state index contributed by atoms with van der Waals surface area (Å²) in [7, 11) is 0. The lowest BCUT2D eigenvalue weighted by molar-refractivity contribution is -0.138. The summed E-state index contributed by atoms with van der Waals surface area (Å²) >= 11 is 1.52. The van der Waals surface area contributed by atoms with Crippen LogP contribution in [0.15, 0.2) is 12.1 Å². The molecule has 6 heteroatoms. The van der Waals surface area contributed by atoms with Crippen molar-refractivity contribution in [2.24, 2.45) is 5.73 Å². The summed E-state index contributed by atoms with van der Waals surface area (Å²) in [4.78, 5) is 10.4. The zero-order valence-electron chi connectivity index (χ0n) is 7.51. The van der Waals surface area contributed by atoms with E-state index in [2.05, 4.69) is 0 Å². The highest BCUT2D eigenvalue weighted by Gasteiger charge is 2.17. The summed E-state index contributed by atoms with van der Waals surface area (Å²) in [5.74, 6) is -2.62. The number of rotatable bonds is 3. The first kappa shape index (κ1) is 12.3. The number of aliphatic carboxylic acids is 1. The summed E-state index contributed by atoms with van der Waals surface area (Å²) in [5, 5.41) is 8.53. The Bertz CT molecular complexity index is 398. The number of carbonyl (C=O) groups is 1. The summed E-state index contributed by atoms with van der Waals surface area (Å²) in [5.41, 5.74) is 5.35. The first-order valence-corrected chi connectivity index (χ1v) is 5.12. The van der Waals surface area contributed by atoms with Crippen LogP contribution in [-0.4, -0.2) is 17.1 Å². The maximum Gasteiger partial charge on any atom is 0.320 e. The molecule has 0 aliphatic rings. The lowest BCUT2D eigenvalue weighted by Crippen LogP contribution is -2.32. The Morgan fingerprint density at radius 3 is 2.67 bits per heavy atom. The van der Waals surface area contributed by atoms with Crippen LogP contribution in [0.1, 0.15) is 5.56 Å². The molecule has 3 N–H and O–H groups in total. The SMILES string of the molecule is N[C@@H](Cc1ccc(F)c(I)c1F)C(=O)O. The van der Waals surface area contributed by atoms with Gasteiger partial charge in [-0.3, -0.25) is 4.79 Å². The number of hydrogen-bond donors (Lipinski definition) is 2. The Labute approximate surface area is 98.4 Å². The molecule has 0 fully saturated rings. The van der Waals surface area contributed by atoms with Gasteiger partial charge in [0, 0.05) is 6.42 Å². The van der Waals surface area contributed by atoms with Gasteiger partial charge in [0.05, 0.1) is 3.57 Å². The minimum atomic E-state index is -1.21. The van der Waals surface area contributed by atoms with Crippen molar-refractivity contribution in [3.8, 4) is 0 Å². The molecule has 0 spiro atoms. The van der Waals surface area contributed by atoms with E-state index in [1.54, 1.807) is 0 Å². The van der Waals surface area contributed by atoms with Gasteiger partial charge >= 0.3 is 5.97 Å². The molecule has 0 heterocycles.